The molecule has 164 valence electrons. The van der Waals surface area contributed by atoms with Crippen LogP contribution in [-0.2, 0) is 14.2 Å². The van der Waals surface area contributed by atoms with Crippen LogP contribution in [0.4, 0.5) is 10.7 Å². The van der Waals surface area contributed by atoms with E-state index in [1.165, 1.54) is 0 Å². The first kappa shape index (κ1) is 20.7. The van der Waals surface area contributed by atoms with Crippen LogP contribution >= 0.6 is 0 Å². The van der Waals surface area contributed by atoms with Crippen molar-refractivity contribution in [2.75, 3.05) is 5.73 Å². The van der Waals surface area contributed by atoms with Crippen molar-refractivity contribution in [1.82, 2.24) is 19.9 Å². The lowest BCUT2D eigenvalue weighted by Crippen LogP contribution is -2.45. The highest BCUT2D eigenvalue weighted by Crippen LogP contribution is 2.49. The van der Waals surface area contributed by atoms with Crippen molar-refractivity contribution in [3.8, 4) is 0 Å². The smallest absolute Gasteiger partial charge is 0.411 e. The van der Waals surface area contributed by atoms with Gasteiger partial charge in [-0.1, -0.05) is 6.92 Å². The minimum Gasteiger partial charge on any atom is -0.444 e. The standard InChI is InChI=1S/C20H29N5O5/c1-7-10-14-15(29-20(5,6)28-14)13(25(10)18(27)30-19(2,3)4)9-8-22-12-11(9)23-17(21)24-16(12)26/h8,10,13-15,22H,7H2,1-6H3,(H3,21,23,24,26)/t10-,13+,14-,15+/m1/s1. The van der Waals surface area contributed by atoms with Crippen molar-refractivity contribution >= 4 is 23.1 Å². The molecule has 0 spiro atoms. The molecule has 0 aliphatic carbocycles. The molecule has 2 aromatic heterocycles. The maximum atomic E-state index is 13.3. The van der Waals surface area contributed by atoms with Crippen LogP contribution in [0.3, 0.4) is 0 Å². The van der Waals surface area contributed by atoms with Crippen molar-refractivity contribution in [2.45, 2.75) is 83.6 Å². The molecule has 4 heterocycles. The molecule has 1 amide bonds. The molecule has 4 N–H and O–H groups in total. The van der Waals surface area contributed by atoms with Crippen LogP contribution in [0.2, 0.25) is 0 Å². The number of amides is 1. The molecule has 4 rings (SSSR count). The number of anilines is 1. The van der Waals surface area contributed by atoms with E-state index in [2.05, 4.69) is 15.0 Å². The maximum absolute atomic E-state index is 13.3. The highest BCUT2D eigenvalue weighted by atomic mass is 16.8. The van der Waals surface area contributed by atoms with Crippen LogP contribution in [0, 0.1) is 0 Å². The number of carbonyl (C=O) groups excluding carboxylic acids is 1. The Morgan fingerprint density at radius 1 is 1.33 bits per heavy atom. The zero-order valence-electron chi connectivity index (χ0n) is 18.1. The van der Waals surface area contributed by atoms with E-state index in [0.717, 1.165) is 0 Å². The lowest BCUT2D eigenvalue weighted by atomic mass is 10.0. The Kier molecular flexibility index (Phi) is 4.62. The van der Waals surface area contributed by atoms with Gasteiger partial charge in [0.25, 0.3) is 5.56 Å². The number of hydrogen-bond donors (Lipinski definition) is 3. The van der Waals surface area contributed by atoms with Gasteiger partial charge in [0.2, 0.25) is 5.95 Å². The predicted octanol–water partition coefficient (Wildman–Crippen LogP) is 2.42. The number of hydrogen-bond acceptors (Lipinski definition) is 7. The summed E-state index contributed by atoms with van der Waals surface area (Å²) in [7, 11) is 0. The third-order valence-electron chi connectivity index (χ3n) is 5.44. The van der Waals surface area contributed by atoms with Gasteiger partial charge in [-0.25, -0.2) is 9.78 Å². The average Bonchev–Trinajstić information content (AvgIpc) is 3.21. The Bertz CT molecular complexity index is 1040. The normalized spacial score (nSPS) is 28.1. The molecule has 2 fully saturated rings. The van der Waals surface area contributed by atoms with Gasteiger partial charge in [0, 0.05) is 11.8 Å². The number of nitrogens with two attached hydrogens (primary N) is 1. The Hall–Kier alpha value is -2.59. The number of carbonyl (C=O) groups is 1. The lowest BCUT2D eigenvalue weighted by Gasteiger charge is -2.35. The van der Waals surface area contributed by atoms with E-state index in [9.17, 15) is 9.59 Å². The molecule has 0 bridgehead atoms. The van der Waals surface area contributed by atoms with Crippen LogP contribution in [0.15, 0.2) is 11.0 Å². The fourth-order valence-electron chi connectivity index (χ4n) is 4.48. The number of aromatic amines is 2. The third kappa shape index (κ3) is 3.33. The van der Waals surface area contributed by atoms with E-state index in [1.807, 2.05) is 41.5 Å². The van der Waals surface area contributed by atoms with E-state index in [4.69, 9.17) is 19.9 Å². The summed E-state index contributed by atoms with van der Waals surface area (Å²) in [4.78, 5) is 37.0. The maximum Gasteiger partial charge on any atom is 0.411 e. The number of H-pyrrole nitrogens is 2. The van der Waals surface area contributed by atoms with Crippen LogP contribution in [0.25, 0.3) is 11.0 Å². The summed E-state index contributed by atoms with van der Waals surface area (Å²) in [6.07, 6.45) is 1.07. The number of ether oxygens (including phenoxy) is 3. The average molecular weight is 419 g/mol. The molecule has 4 atom stereocenters. The lowest BCUT2D eigenvalue weighted by molar-refractivity contribution is -0.167. The molecule has 0 aromatic carbocycles. The van der Waals surface area contributed by atoms with E-state index < -0.39 is 29.6 Å². The summed E-state index contributed by atoms with van der Waals surface area (Å²) in [5.41, 5.74) is 6.08. The van der Waals surface area contributed by atoms with E-state index in [-0.39, 0.29) is 29.2 Å². The third-order valence-corrected chi connectivity index (χ3v) is 5.44. The van der Waals surface area contributed by atoms with Crippen molar-refractivity contribution in [2.24, 2.45) is 0 Å². The second-order valence-electron chi connectivity index (χ2n) is 9.29. The molecule has 2 saturated heterocycles. The largest absolute Gasteiger partial charge is 0.444 e. The number of nitrogens with zero attached hydrogens (tertiary/aromatic N) is 2. The van der Waals surface area contributed by atoms with Gasteiger partial charge in [-0.05, 0) is 41.0 Å². The number of nitrogen functional groups attached to an aromatic ring is 1. The topological polar surface area (TPSA) is 136 Å². The van der Waals surface area contributed by atoms with Gasteiger partial charge in [0.1, 0.15) is 28.8 Å². The first-order chi connectivity index (χ1) is 13.9. The Morgan fingerprint density at radius 3 is 2.63 bits per heavy atom. The zero-order valence-corrected chi connectivity index (χ0v) is 18.1. The molecule has 2 aliphatic heterocycles. The Balaban J connectivity index is 1.87. The fourth-order valence-corrected chi connectivity index (χ4v) is 4.48. The van der Waals surface area contributed by atoms with Crippen LogP contribution in [-0.4, -0.2) is 55.6 Å². The first-order valence-corrected chi connectivity index (χ1v) is 10.2. The van der Waals surface area contributed by atoms with Crippen LogP contribution in [0.1, 0.15) is 59.6 Å². The minimum absolute atomic E-state index is 0.00248. The Morgan fingerprint density at radius 2 is 2.00 bits per heavy atom. The van der Waals surface area contributed by atoms with E-state index in [0.29, 0.717) is 17.5 Å². The molecule has 0 radical (unpaired) electrons. The highest BCUT2D eigenvalue weighted by Gasteiger charge is 2.60. The summed E-state index contributed by atoms with van der Waals surface area (Å²) in [5, 5.41) is 0. The predicted molar refractivity (Wildman–Crippen MR) is 110 cm³/mol. The Labute approximate surface area is 174 Å². The minimum atomic E-state index is -0.795. The van der Waals surface area contributed by atoms with Gasteiger partial charge >= 0.3 is 6.09 Å². The summed E-state index contributed by atoms with van der Waals surface area (Å²) in [5.74, 6) is -0.792. The second kappa shape index (κ2) is 6.71. The molecular formula is C20H29N5O5. The van der Waals surface area contributed by atoms with Crippen molar-refractivity contribution in [3.05, 3.63) is 22.1 Å². The fraction of sp³-hybridized carbons (Fsp3) is 0.650. The quantitative estimate of drug-likeness (QED) is 0.680. The molecule has 0 saturated carbocycles. The van der Waals surface area contributed by atoms with E-state index in [1.54, 1.807) is 11.1 Å². The van der Waals surface area contributed by atoms with Crippen molar-refractivity contribution in [3.63, 3.8) is 0 Å². The molecule has 10 nitrogen and oxygen atoms in total. The summed E-state index contributed by atoms with van der Waals surface area (Å²) in [6, 6.07) is -0.819. The van der Waals surface area contributed by atoms with Gasteiger partial charge in [0.05, 0.1) is 12.1 Å². The van der Waals surface area contributed by atoms with Gasteiger partial charge < -0.3 is 24.9 Å². The van der Waals surface area contributed by atoms with Gasteiger partial charge in [-0.2, -0.15) is 0 Å². The first-order valence-electron chi connectivity index (χ1n) is 10.2. The van der Waals surface area contributed by atoms with Gasteiger partial charge in [-0.3, -0.25) is 14.7 Å². The van der Waals surface area contributed by atoms with Crippen molar-refractivity contribution in [1.29, 1.82) is 0 Å². The van der Waals surface area contributed by atoms with Crippen LogP contribution in [0.5, 0.6) is 0 Å². The molecular weight excluding hydrogens is 390 g/mol. The zero-order chi connectivity index (χ0) is 22.0. The number of nitrogens with one attached hydrogen (secondary N) is 2. The number of rotatable bonds is 2. The number of fused-ring (bicyclic) bond motifs is 2. The summed E-state index contributed by atoms with van der Waals surface area (Å²) < 4.78 is 18.1. The monoisotopic (exact) mass is 419 g/mol. The molecule has 2 aromatic rings. The molecule has 0 unspecified atom stereocenters. The summed E-state index contributed by atoms with van der Waals surface area (Å²) >= 11 is 0. The molecule has 30 heavy (non-hydrogen) atoms. The van der Waals surface area contributed by atoms with Gasteiger partial charge in [0.15, 0.2) is 5.79 Å². The van der Waals surface area contributed by atoms with Gasteiger partial charge in [-0.15, -0.1) is 0 Å². The second-order valence-corrected chi connectivity index (χ2v) is 9.29. The summed E-state index contributed by atoms with van der Waals surface area (Å²) in [6.45, 7) is 11.2. The number of likely N-dealkylation sites (tertiary alicyclic amines) is 1. The van der Waals surface area contributed by atoms with Crippen LogP contribution < -0.4 is 11.3 Å². The van der Waals surface area contributed by atoms with Crippen molar-refractivity contribution < 1.29 is 19.0 Å². The van der Waals surface area contributed by atoms with E-state index >= 15 is 0 Å². The molecule has 10 heteroatoms. The SMILES string of the molecule is CC[C@@H]1[C@H]2OC(C)(C)O[C@H]2[C@H](c2c[nH]c3c(=O)[nH]c(N)nc23)N1C(=O)OC(C)(C)C. The molecule has 2 aliphatic rings. The highest BCUT2D eigenvalue weighted by molar-refractivity contribution is 5.81. The number of aromatic nitrogens is 3.